The first-order valence-corrected chi connectivity index (χ1v) is 5.53. The lowest BCUT2D eigenvalue weighted by Gasteiger charge is -2.03. The van der Waals surface area contributed by atoms with Crippen LogP contribution in [0.2, 0.25) is 0 Å². The number of hydrogen-bond acceptors (Lipinski definition) is 3. The van der Waals surface area contributed by atoms with Crippen molar-refractivity contribution in [3.05, 3.63) is 59.4 Å². The van der Waals surface area contributed by atoms with Crippen molar-refractivity contribution in [3.8, 4) is 0 Å². The van der Waals surface area contributed by atoms with Gasteiger partial charge in [0.05, 0.1) is 0 Å². The van der Waals surface area contributed by atoms with Crippen LogP contribution in [0.3, 0.4) is 0 Å². The zero-order valence-electron chi connectivity index (χ0n) is 9.44. The van der Waals surface area contributed by atoms with E-state index in [1.807, 2.05) is 12.1 Å². The number of aromatic nitrogens is 2. The van der Waals surface area contributed by atoms with Crippen molar-refractivity contribution < 1.29 is 4.39 Å². The standard InChI is InChI=1S/C13H14FN3/c14-11-3-1-2-10(8-11)9-13-16-7-5-12(17-13)4-6-15/h1-3,5,7-8H,4,6,9,15H2. The summed E-state index contributed by atoms with van der Waals surface area (Å²) in [6.07, 6.45) is 2.99. The van der Waals surface area contributed by atoms with Crippen LogP contribution in [0.5, 0.6) is 0 Å². The Kier molecular flexibility index (Phi) is 3.77. The summed E-state index contributed by atoms with van der Waals surface area (Å²) >= 11 is 0. The zero-order chi connectivity index (χ0) is 12.1. The van der Waals surface area contributed by atoms with Crippen molar-refractivity contribution in [1.29, 1.82) is 0 Å². The first-order valence-electron chi connectivity index (χ1n) is 5.53. The fraction of sp³-hybridized carbons (Fsp3) is 0.231. The molecule has 17 heavy (non-hydrogen) atoms. The van der Waals surface area contributed by atoms with Crippen molar-refractivity contribution in [3.63, 3.8) is 0 Å². The predicted molar refractivity (Wildman–Crippen MR) is 64.0 cm³/mol. The van der Waals surface area contributed by atoms with Gasteiger partial charge in [0.15, 0.2) is 0 Å². The van der Waals surface area contributed by atoms with Gasteiger partial charge in [0, 0.05) is 24.7 Å². The molecule has 88 valence electrons. The molecular weight excluding hydrogens is 217 g/mol. The van der Waals surface area contributed by atoms with Crippen LogP contribution in [0.1, 0.15) is 17.1 Å². The van der Waals surface area contributed by atoms with Gasteiger partial charge in [0.1, 0.15) is 11.6 Å². The lowest BCUT2D eigenvalue weighted by atomic mass is 10.1. The van der Waals surface area contributed by atoms with Crippen LogP contribution in [-0.2, 0) is 12.8 Å². The molecule has 0 saturated carbocycles. The van der Waals surface area contributed by atoms with E-state index in [-0.39, 0.29) is 5.82 Å². The summed E-state index contributed by atoms with van der Waals surface area (Å²) in [4.78, 5) is 8.55. The molecule has 1 aromatic carbocycles. The molecule has 0 spiro atoms. The highest BCUT2D eigenvalue weighted by molar-refractivity contribution is 5.20. The van der Waals surface area contributed by atoms with E-state index in [1.165, 1.54) is 12.1 Å². The van der Waals surface area contributed by atoms with Gasteiger partial charge >= 0.3 is 0 Å². The van der Waals surface area contributed by atoms with Crippen molar-refractivity contribution in [2.75, 3.05) is 6.54 Å². The van der Waals surface area contributed by atoms with E-state index < -0.39 is 0 Å². The molecule has 2 rings (SSSR count). The minimum atomic E-state index is -0.236. The predicted octanol–water partition coefficient (Wildman–Crippen LogP) is 1.71. The van der Waals surface area contributed by atoms with E-state index in [9.17, 15) is 4.39 Å². The normalized spacial score (nSPS) is 10.5. The lowest BCUT2D eigenvalue weighted by Crippen LogP contribution is -2.06. The average molecular weight is 231 g/mol. The molecule has 1 heterocycles. The van der Waals surface area contributed by atoms with Gasteiger partial charge in [-0.3, -0.25) is 0 Å². The Morgan fingerprint density at radius 3 is 2.88 bits per heavy atom. The SMILES string of the molecule is NCCc1ccnc(Cc2cccc(F)c2)n1. The molecule has 0 saturated heterocycles. The minimum Gasteiger partial charge on any atom is -0.330 e. The molecule has 0 bridgehead atoms. The van der Waals surface area contributed by atoms with Crippen LogP contribution in [0.25, 0.3) is 0 Å². The van der Waals surface area contributed by atoms with E-state index in [2.05, 4.69) is 9.97 Å². The molecule has 0 aliphatic rings. The van der Waals surface area contributed by atoms with Crippen LogP contribution in [-0.4, -0.2) is 16.5 Å². The lowest BCUT2D eigenvalue weighted by molar-refractivity contribution is 0.625. The number of benzene rings is 1. The quantitative estimate of drug-likeness (QED) is 0.871. The Labute approximate surface area is 99.5 Å². The Morgan fingerprint density at radius 1 is 1.24 bits per heavy atom. The smallest absolute Gasteiger partial charge is 0.132 e. The van der Waals surface area contributed by atoms with Gasteiger partial charge in [-0.25, -0.2) is 14.4 Å². The molecule has 0 radical (unpaired) electrons. The second kappa shape index (κ2) is 5.50. The monoisotopic (exact) mass is 231 g/mol. The topological polar surface area (TPSA) is 51.8 Å². The number of rotatable bonds is 4. The highest BCUT2D eigenvalue weighted by Gasteiger charge is 2.02. The molecule has 3 nitrogen and oxygen atoms in total. The third-order valence-corrected chi connectivity index (χ3v) is 2.41. The summed E-state index contributed by atoms with van der Waals surface area (Å²) in [6.45, 7) is 0.566. The van der Waals surface area contributed by atoms with Crippen molar-refractivity contribution in [2.24, 2.45) is 5.73 Å². The Bertz CT molecular complexity index is 500. The number of nitrogens with zero attached hydrogens (tertiary/aromatic N) is 2. The van der Waals surface area contributed by atoms with E-state index >= 15 is 0 Å². The Balaban J connectivity index is 2.15. The summed E-state index contributed by atoms with van der Waals surface area (Å²) in [5.74, 6) is 0.460. The largest absolute Gasteiger partial charge is 0.330 e. The van der Waals surface area contributed by atoms with E-state index in [4.69, 9.17) is 5.73 Å². The number of nitrogens with two attached hydrogens (primary N) is 1. The van der Waals surface area contributed by atoms with Crippen LogP contribution < -0.4 is 5.73 Å². The van der Waals surface area contributed by atoms with Gasteiger partial charge in [0.2, 0.25) is 0 Å². The Morgan fingerprint density at radius 2 is 2.12 bits per heavy atom. The summed E-state index contributed by atoms with van der Waals surface area (Å²) in [5, 5.41) is 0. The van der Waals surface area contributed by atoms with Gasteiger partial charge in [0.25, 0.3) is 0 Å². The third-order valence-electron chi connectivity index (χ3n) is 2.41. The molecule has 2 N–H and O–H groups in total. The van der Waals surface area contributed by atoms with Gasteiger partial charge < -0.3 is 5.73 Å². The highest BCUT2D eigenvalue weighted by atomic mass is 19.1. The summed E-state index contributed by atoms with van der Waals surface area (Å²) in [5.41, 5.74) is 7.27. The maximum atomic E-state index is 13.0. The number of hydrogen-bond donors (Lipinski definition) is 1. The van der Waals surface area contributed by atoms with Crippen molar-refractivity contribution in [2.45, 2.75) is 12.8 Å². The summed E-state index contributed by atoms with van der Waals surface area (Å²) in [7, 11) is 0. The Hall–Kier alpha value is -1.81. The molecule has 0 fully saturated rings. The molecule has 1 aromatic heterocycles. The highest BCUT2D eigenvalue weighted by Crippen LogP contribution is 2.08. The van der Waals surface area contributed by atoms with E-state index in [0.29, 0.717) is 18.8 Å². The molecule has 0 amide bonds. The molecule has 0 aliphatic carbocycles. The van der Waals surface area contributed by atoms with Crippen LogP contribution in [0.4, 0.5) is 4.39 Å². The van der Waals surface area contributed by atoms with Crippen LogP contribution in [0.15, 0.2) is 36.5 Å². The maximum absolute atomic E-state index is 13.0. The maximum Gasteiger partial charge on any atom is 0.132 e. The summed E-state index contributed by atoms with van der Waals surface area (Å²) < 4.78 is 13.0. The second-order valence-corrected chi connectivity index (χ2v) is 3.81. The van der Waals surface area contributed by atoms with Crippen molar-refractivity contribution in [1.82, 2.24) is 9.97 Å². The zero-order valence-corrected chi connectivity index (χ0v) is 9.44. The van der Waals surface area contributed by atoms with Crippen LogP contribution >= 0.6 is 0 Å². The fourth-order valence-electron chi connectivity index (χ4n) is 1.64. The first kappa shape index (κ1) is 11.7. The van der Waals surface area contributed by atoms with Gasteiger partial charge in [-0.15, -0.1) is 0 Å². The first-order chi connectivity index (χ1) is 8.28. The fourth-order valence-corrected chi connectivity index (χ4v) is 1.64. The van der Waals surface area contributed by atoms with Gasteiger partial charge in [-0.2, -0.15) is 0 Å². The van der Waals surface area contributed by atoms with Gasteiger partial charge in [-0.05, 0) is 30.3 Å². The van der Waals surface area contributed by atoms with Crippen molar-refractivity contribution >= 4 is 0 Å². The average Bonchev–Trinajstić information content (AvgIpc) is 2.30. The summed E-state index contributed by atoms with van der Waals surface area (Å²) in [6, 6.07) is 8.33. The molecular formula is C13H14FN3. The molecule has 0 unspecified atom stereocenters. The van der Waals surface area contributed by atoms with Crippen LogP contribution in [0, 0.1) is 5.82 Å². The van der Waals surface area contributed by atoms with E-state index in [0.717, 1.165) is 17.7 Å². The molecule has 2 aromatic rings. The molecule has 0 aliphatic heterocycles. The number of halogens is 1. The minimum absolute atomic E-state index is 0.236. The third kappa shape index (κ3) is 3.32. The van der Waals surface area contributed by atoms with Gasteiger partial charge in [-0.1, -0.05) is 12.1 Å². The second-order valence-electron chi connectivity index (χ2n) is 3.81. The van der Waals surface area contributed by atoms with E-state index in [1.54, 1.807) is 12.3 Å². The molecule has 0 atom stereocenters. The molecule has 4 heteroatoms.